The Morgan fingerprint density at radius 3 is 2.31 bits per heavy atom. The first-order chi connectivity index (χ1) is 12.3. The lowest BCUT2D eigenvalue weighted by Crippen LogP contribution is -2.13. The zero-order chi connectivity index (χ0) is 18.9. The number of hydrogen-bond acceptors (Lipinski definition) is 5. The van der Waals surface area contributed by atoms with Gasteiger partial charge >= 0.3 is 5.97 Å². The fourth-order valence-corrected chi connectivity index (χ4v) is 2.66. The number of esters is 1. The summed E-state index contributed by atoms with van der Waals surface area (Å²) in [4.78, 5) is 12.8. The van der Waals surface area contributed by atoms with Crippen LogP contribution in [0.5, 0.6) is 5.75 Å². The number of benzene rings is 2. The number of carbonyl (C=O) groups is 1. The topological polar surface area (TPSA) is 77.2 Å². The quantitative estimate of drug-likeness (QED) is 0.576. The van der Waals surface area contributed by atoms with Crippen molar-refractivity contribution in [3.8, 4) is 11.4 Å². The van der Waals surface area contributed by atoms with Gasteiger partial charge in [-0.1, -0.05) is 32.9 Å². The average Bonchev–Trinajstić information content (AvgIpc) is 3.03. The first-order valence-corrected chi connectivity index (χ1v) is 8.25. The van der Waals surface area contributed by atoms with Crippen LogP contribution in [-0.2, 0) is 14.9 Å². The summed E-state index contributed by atoms with van der Waals surface area (Å²) in [5.41, 5.74) is 3.11. The van der Waals surface area contributed by atoms with E-state index >= 15 is 0 Å². The predicted molar refractivity (Wildman–Crippen MR) is 100 cm³/mol. The monoisotopic (exact) mass is 351 g/mol. The lowest BCUT2D eigenvalue weighted by molar-refractivity contribution is -0.134. The molecule has 6 heteroatoms. The number of phenols is 1. The van der Waals surface area contributed by atoms with Gasteiger partial charge in [0.25, 0.3) is 0 Å². The second kappa shape index (κ2) is 6.63. The molecule has 0 aliphatic heterocycles. The van der Waals surface area contributed by atoms with E-state index in [1.165, 1.54) is 18.0 Å². The highest BCUT2D eigenvalue weighted by molar-refractivity contribution is 5.87. The minimum absolute atomic E-state index is 0.119. The third kappa shape index (κ3) is 3.44. The summed E-state index contributed by atoms with van der Waals surface area (Å²) in [5, 5.41) is 19.7. The predicted octanol–water partition coefficient (Wildman–Crippen LogP) is 3.61. The van der Waals surface area contributed by atoms with E-state index in [4.69, 9.17) is 0 Å². The van der Waals surface area contributed by atoms with Gasteiger partial charge in [0.1, 0.15) is 22.5 Å². The minimum atomic E-state index is -0.445. The number of aromatic hydroxyl groups is 1. The largest absolute Gasteiger partial charge is 0.505 e. The van der Waals surface area contributed by atoms with Crippen molar-refractivity contribution in [1.29, 1.82) is 0 Å². The molecule has 3 rings (SSSR count). The van der Waals surface area contributed by atoms with Crippen molar-refractivity contribution < 1.29 is 14.6 Å². The molecule has 0 amide bonds. The van der Waals surface area contributed by atoms with E-state index in [2.05, 4.69) is 14.9 Å². The number of ether oxygens (including phenoxy) is 1. The highest BCUT2D eigenvalue weighted by atomic mass is 16.5. The minimum Gasteiger partial charge on any atom is -0.505 e. The molecule has 0 atom stereocenters. The molecule has 0 saturated carbocycles. The lowest BCUT2D eigenvalue weighted by atomic mass is 9.85. The number of phenolic OH excluding ortho intramolecular Hbond substituents is 1. The zero-order valence-electron chi connectivity index (χ0n) is 15.2. The molecule has 2 aromatic carbocycles. The molecule has 0 aliphatic carbocycles. The third-order valence-corrected chi connectivity index (χ3v) is 4.04. The Bertz CT molecular complexity index is 964. The SMILES string of the molecule is COC(=O)C=Cc1cc(-n2nc3ccccc3n2)c(O)c(C(C)(C)C)c1. The lowest BCUT2D eigenvalue weighted by Gasteiger charge is -2.22. The third-order valence-electron chi connectivity index (χ3n) is 4.04. The molecule has 0 spiro atoms. The summed E-state index contributed by atoms with van der Waals surface area (Å²) in [6, 6.07) is 11.1. The van der Waals surface area contributed by atoms with Crippen molar-refractivity contribution >= 4 is 23.1 Å². The molecule has 6 nitrogen and oxygen atoms in total. The van der Waals surface area contributed by atoms with Crippen molar-refractivity contribution in [3.05, 3.63) is 53.6 Å². The Balaban J connectivity index is 2.19. The second-order valence-electron chi connectivity index (χ2n) is 7.02. The van der Waals surface area contributed by atoms with Gasteiger partial charge in [-0.05, 0) is 41.3 Å². The molecule has 3 aromatic rings. The molecule has 0 bridgehead atoms. The Morgan fingerprint density at radius 2 is 1.77 bits per heavy atom. The first-order valence-electron chi connectivity index (χ1n) is 8.25. The van der Waals surface area contributed by atoms with Crippen molar-refractivity contribution in [1.82, 2.24) is 15.0 Å². The summed E-state index contributed by atoms with van der Waals surface area (Å²) in [6.45, 7) is 6.02. The van der Waals surface area contributed by atoms with Crippen LogP contribution in [0.15, 0.2) is 42.5 Å². The zero-order valence-corrected chi connectivity index (χ0v) is 15.2. The van der Waals surface area contributed by atoms with Crippen LogP contribution in [-0.4, -0.2) is 33.2 Å². The Kier molecular flexibility index (Phi) is 4.50. The van der Waals surface area contributed by atoms with E-state index in [9.17, 15) is 9.90 Å². The van der Waals surface area contributed by atoms with E-state index in [0.29, 0.717) is 5.69 Å². The van der Waals surface area contributed by atoms with Crippen LogP contribution >= 0.6 is 0 Å². The highest BCUT2D eigenvalue weighted by Gasteiger charge is 2.22. The number of hydrogen-bond donors (Lipinski definition) is 1. The maximum atomic E-state index is 11.4. The molecule has 0 radical (unpaired) electrons. The van der Waals surface area contributed by atoms with Crippen molar-refractivity contribution in [2.24, 2.45) is 0 Å². The number of methoxy groups -OCH3 is 1. The van der Waals surface area contributed by atoms with E-state index in [0.717, 1.165) is 22.2 Å². The molecule has 134 valence electrons. The Hall–Kier alpha value is -3.15. The van der Waals surface area contributed by atoms with Crippen molar-refractivity contribution in [2.75, 3.05) is 7.11 Å². The van der Waals surface area contributed by atoms with Gasteiger partial charge in [0.15, 0.2) is 0 Å². The van der Waals surface area contributed by atoms with Gasteiger partial charge in [-0.3, -0.25) is 0 Å². The van der Waals surface area contributed by atoms with Gasteiger partial charge in [0.05, 0.1) is 7.11 Å². The Labute approximate surface area is 151 Å². The van der Waals surface area contributed by atoms with Crippen LogP contribution in [0.25, 0.3) is 22.8 Å². The van der Waals surface area contributed by atoms with Crippen molar-refractivity contribution in [3.63, 3.8) is 0 Å². The normalized spacial score (nSPS) is 12.0. The van der Waals surface area contributed by atoms with Gasteiger partial charge < -0.3 is 9.84 Å². The summed E-state index contributed by atoms with van der Waals surface area (Å²) >= 11 is 0. The molecule has 1 aromatic heterocycles. The fraction of sp³-hybridized carbons (Fsp3) is 0.250. The van der Waals surface area contributed by atoms with Crippen LogP contribution in [0, 0.1) is 0 Å². The van der Waals surface area contributed by atoms with Crippen LogP contribution in [0.3, 0.4) is 0 Å². The summed E-state index contributed by atoms with van der Waals surface area (Å²) in [7, 11) is 1.33. The number of rotatable bonds is 3. The summed E-state index contributed by atoms with van der Waals surface area (Å²) < 4.78 is 4.64. The summed E-state index contributed by atoms with van der Waals surface area (Å²) in [6.07, 6.45) is 2.99. The summed E-state index contributed by atoms with van der Waals surface area (Å²) in [5.74, 6) is -0.326. The van der Waals surface area contributed by atoms with Crippen LogP contribution in [0.1, 0.15) is 31.9 Å². The van der Waals surface area contributed by atoms with E-state index < -0.39 is 5.97 Å². The molecule has 0 saturated heterocycles. The molecule has 0 unspecified atom stereocenters. The molecule has 0 fully saturated rings. The fourth-order valence-electron chi connectivity index (χ4n) is 2.66. The molecule has 1 N–H and O–H groups in total. The highest BCUT2D eigenvalue weighted by Crippen LogP contribution is 2.36. The van der Waals surface area contributed by atoms with Crippen LogP contribution in [0.4, 0.5) is 0 Å². The van der Waals surface area contributed by atoms with Gasteiger partial charge in [0, 0.05) is 11.6 Å². The molecule has 1 heterocycles. The number of fused-ring (bicyclic) bond motifs is 1. The van der Waals surface area contributed by atoms with Crippen LogP contribution in [0.2, 0.25) is 0 Å². The van der Waals surface area contributed by atoms with Gasteiger partial charge in [0.2, 0.25) is 0 Å². The smallest absolute Gasteiger partial charge is 0.330 e. The van der Waals surface area contributed by atoms with Crippen LogP contribution < -0.4 is 0 Å². The standard InChI is InChI=1S/C20H21N3O3/c1-20(2,3)14-11-13(9-10-18(24)26-4)12-17(19(14)25)23-21-15-7-5-6-8-16(15)22-23/h5-12,25H,1-4H3. The average molecular weight is 351 g/mol. The van der Waals surface area contributed by atoms with Gasteiger partial charge in [-0.2, -0.15) is 0 Å². The van der Waals surface area contributed by atoms with E-state index in [1.54, 1.807) is 12.1 Å². The molecular weight excluding hydrogens is 330 g/mol. The van der Waals surface area contributed by atoms with E-state index in [-0.39, 0.29) is 11.2 Å². The first kappa shape index (κ1) is 17.7. The number of carbonyl (C=O) groups excluding carboxylic acids is 1. The molecular formula is C20H21N3O3. The van der Waals surface area contributed by atoms with E-state index in [1.807, 2.05) is 51.1 Å². The number of aromatic nitrogens is 3. The molecule has 0 aliphatic rings. The second-order valence-corrected chi connectivity index (χ2v) is 7.02. The van der Waals surface area contributed by atoms with Gasteiger partial charge in [-0.25, -0.2) is 4.79 Å². The van der Waals surface area contributed by atoms with Gasteiger partial charge in [-0.15, -0.1) is 15.0 Å². The maximum absolute atomic E-state index is 11.4. The van der Waals surface area contributed by atoms with Crippen molar-refractivity contribution in [2.45, 2.75) is 26.2 Å². The molecule has 26 heavy (non-hydrogen) atoms. The maximum Gasteiger partial charge on any atom is 0.330 e. The number of nitrogens with zero attached hydrogens (tertiary/aromatic N) is 3. The Morgan fingerprint density at radius 1 is 1.15 bits per heavy atom.